The lowest BCUT2D eigenvalue weighted by molar-refractivity contribution is 0.100. The van der Waals surface area contributed by atoms with Crippen molar-refractivity contribution in [2.75, 3.05) is 14.1 Å². The number of allylic oxidation sites excluding steroid dienone is 5. The number of hydrogen-bond donors (Lipinski definition) is 2. The van der Waals surface area contributed by atoms with Gasteiger partial charge in [0.1, 0.15) is 0 Å². The van der Waals surface area contributed by atoms with Crippen molar-refractivity contribution in [3.05, 3.63) is 82.7 Å². The number of aromatic amines is 2. The van der Waals surface area contributed by atoms with E-state index >= 15 is 0 Å². The number of likely N-dealkylation sites (N-methyl/N-ethyl adjacent to an activating group) is 1. The molecule has 0 radical (unpaired) electrons. The molecule has 0 atom stereocenters. The largest absolute Gasteiger partial charge is 0.375 e. The second kappa shape index (κ2) is 10.8. The molecular formula is C27H33N5O. The topological polar surface area (TPSA) is 77.7 Å². The number of aromatic nitrogens is 4. The summed E-state index contributed by atoms with van der Waals surface area (Å²) in [6.07, 6.45) is 15.2. The van der Waals surface area contributed by atoms with E-state index in [2.05, 4.69) is 53.1 Å². The third-order valence-corrected chi connectivity index (χ3v) is 5.62. The highest BCUT2D eigenvalue weighted by Gasteiger charge is 2.16. The Morgan fingerprint density at radius 1 is 1.18 bits per heavy atom. The molecule has 0 bridgehead atoms. The van der Waals surface area contributed by atoms with Crippen LogP contribution in [0.5, 0.6) is 0 Å². The van der Waals surface area contributed by atoms with Gasteiger partial charge in [-0.2, -0.15) is 5.10 Å². The summed E-state index contributed by atoms with van der Waals surface area (Å²) in [6, 6.07) is 3.89. The Morgan fingerprint density at radius 3 is 2.58 bits per heavy atom. The van der Waals surface area contributed by atoms with E-state index in [4.69, 9.17) is 0 Å². The maximum Gasteiger partial charge on any atom is 0.210 e. The lowest BCUT2D eigenvalue weighted by atomic mass is 9.97. The molecule has 0 spiro atoms. The van der Waals surface area contributed by atoms with Crippen molar-refractivity contribution in [3.8, 4) is 11.3 Å². The van der Waals surface area contributed by atoms with Gasteiger partial charge < -0.3 is 9.88 Å². The zero-order valence-electron chi connectivity index (χ0n) is 20.4. The van der Waals surface area contributed by atoms with Crippen LogP contribution in [0, 0.1) is 6.92 Å². The Hall–Kier alpha value is -3.67. The van der Waals surface area contributed by atoms with Crippen LogP contribution in [0.25, 0.3) is 22.9 Å². The second-order valence-corrected chi connectivity index (χ2v) is 8.34. The SMILES string of the molecule is CC/C=C(\C(=O)c1cncc(C(/C=C(\C)CC)=C/c2c(-c3ccn[nH]3)c[nH]c2C)c1)N(C)C. The van der Waals surface area contributed by atoms with Gasteiger partial charge in [-0.15, -0.1) is 0 Å². The number of rotatable bonds is 9. The number of H-pyrrole nitrogens is 2. The monoisotopic (exact) mass is 443 g/mol. The molecule has 0 aliphatic heterocycles. The van der Waals surface area contributed by atoms with Gasteiger partial charge >= 0.3 is 0 Å². The van der Waals surface area contributed by atoms with E-state index in [1.807, 2.05) is 56.5 Å². The first-order valence-electron chi connectivity index (χ1n) is 11.3. The van der Waals surface area contributed by atoms with Crippen molar-refractivity contribution in [2.45, 2.75) is 40.5 Å². The molecule has 0 aliphatic carbocycles. The van der Waals surface area contributed by atoms with Crippen LogP contribution >= 0.6 is 0 Å². The first-order chi connectivity index (χ1) is 15.8. The molecule has 6 nitrogen and oxygen atoms in total. The van der Waals surface area contributed by atoms with Gasteiger partial charge in [0, 0.05) is 66.8 Å². The van der Waals surface area contributed by atoms with Crippen LogP contribution in [0.2, 0.25) is 0 Å². The van der Waals surface area contributed by atoms with Crippen LogP contribution < -0.4 is 0 Å². The van der Waals surface area contributed by atoms with Gasteiger partial charge in [0.2, 0.25) is 5.78 Å². The summed E-state index contributed by atoms with van der Waals surface area (Å²) in [7, 11) is 3.78. The second-order valence-electron chi connectivity index (χ2n) is 8.34. The first-order valence-corrected chi connectivity index (χ1v) is 11.3. The van der Waals surface area contributed by atoms with Gasteiger partial charge in [0.15, 0.2) is 0 Å². The Bertz CT molecular complexity index is 1190. The zero-order valence-corrected chi connectivity index (χ0v) is 20.4. The number of hydrogen-bond acceptors (Lipinski definition) is 4. The Labute approximate surface area is 196 Å². The minimum Gasteiger partial charge on any atom is -0.375 e. The van der Waals surface area contributed by atoms with Gasteiger partial charge in [0.05, 0.1) is 11.4 Å². The van der Waals surface area contributed by atoms with E-state index in [1.165, 1.54) is 5.57 Å². The van der Waals surface area contributed by atoms with Crippen molar-refractivity contribution in [1.29, 1.82) is 0 Å². The van der Waals surface area contributed by atoms with E-state index in [9.17, 15) is 4.79 Å². The highest BCUT2D eigenvalue weighted by atomic mass is 16.1. The average Bonchev–Trinajstić information content (AvgIpc) is 3.46. The number of nitrogens with one attached hydrogen (secondary N) is 2. The summed E-state index contributed by atoms with van der Waals surface area (Å²) < 4.78 is 0. The van der Waals surface area contributed by atoms with Crippen molar-refractivity contribution in [1.82, 2.24) is 25.1 Å². The molecule has 33 heavy (non-hydrogen) atoms. The molecule has 0 unspecified atom stereocenters. The Balaban J connectivity index is 2.13. The van der Waals surface area contributed by atoms with Crippen molar-refractivity contribution >= 4 is 17.4 Å². The summed E-state index contributed by atoms with van der Waals surface area (Å²) in [5, 5.41) is 7.14. The molecule has 0 saturated carbocycles. The third-order valence-electron chi connectivity index (χ3n) is 5.62. The normalized spacial score (nSPS) is 12.8. The maximum absolute atomic E-state index is 13.2. The molecule has 2 N–H and O–H groups in total. The van der Waals surface area contributed by atoms with Crippen molar-refractivity contribution in [3.63, 3.8) is 0 Å². The summed E-state index contributed by atoms with van der Waals surface area (Å²) in [5.41, 5.74) is 8.53. The molecule has 6 heteroatoms. The predicted molar refractivity (Wildman–Crippen MR) is 136 cm³/mol. The quantitative estimate of drug-likeness (QED) is 0.240. The van der Waals surface area contributed by atoms with Gasteiger partial charge in [0.25, 0.3) is 0 Å². The van der Waals surface area contributed by atoms with E-state index in [1.54, 1.807) is 12.4 Å². The number of ketones is 1. The maximum atomic E-state index is 13.2. The minimum absolute atomic E-state index is 0.0253. The summed E-state index contributed by atoms with van der Waals surface area (Å²) in [6.45, 7) is 8.33. The highest BCUT2D eigenvalue weighted by Crippen LogP contribution is 2.30. The van der Waals surface area contributed by atoms with Gasteiger partial charge in [-0.25, -0.2) is 0 Å². The van der Waals surface area contributed by atoms with E-state index in [-0.39, 0.29) is 5.78 Å². The molecule has 0 saturated heterocycles. The van der Waals surface area contributed by atoms with Gasteiger partial charge in [-0.05, 0) is 50.5 Å². The Kier molecular flexibility index (Phi) is 7.83. The lowest BCUT2D eigenvalue weighted by Gasteiger charge is -2.16. The average molecular weight is 444 g/mol. The van der Waals surface area contributed by atoms with Crippen LogP contribution in [0.1, 0.15) is 60.8 Å². The van der Waals surface area contributed by atoms with E-state index in [0.717, 1.165) is 46.5 Å². The van der Waals surface area contributed by atoms with Crippen LogP contribution in [-0.4, -0.2) is 44.9 Å². The number of aryl methyl sites for hydroxylation is 1. The number of carbonyl (C=O) groups excluding carboxylic acids is 1. The van der Waals surface area contributed by atoms with Crippen molar-refractivity contribution < 1.29 is 4.79 Å². The fourth-order valence-corrected chi connectivity index (χ4v) is 3.63. The summed E-state index contributed by atoms with van der Waals surface area (Å²) in [4.78, 5) is 22.8. The molecule has 3 heterocycles. The Morgan fingerprint density at radius 2 is 1.94 bits per heavy atom. The molecule has 0 aliphatic rings. The van der Waals surface area contributed by atoms with Crippen molar-refractivity contribution in [2.24, 2.45) is 0 Å². The first kappa shape index (κ1) is 24.0. The molecule has 0 amide bonds. The van der Waals surface area contributed by atoms with Gasteiger partial charge in [-0.1, -0.05) is 31.6 Å². The lowest BCUT2D eigenvalue weighted by Crippen LogP contribution is -2.19. The number of carbonyl (C=O) groups is 1. The molecule has 172 valence electrons. The number of nitrogens with zero attached hydrogens (tertiary/aromatic N) is 3. The predicted octanol–water partition coefficient (Wildman–Crippen LogP) is 6.04. The molecule has 3 aromatic rings. The smallest absolute Gasteiger partial charge is 0.210 e. The molecular weight excluding hydrogens is 410 g/mol. The van der Waals surface area contributed by atoms with Crippen LogP contribution in [0.4, 0.5) is 0 Å². The zero-order chi connectivity index (χ0) is 24.0. The minimum atomic E-state index is -0.0253. The van der Waals surface area contributed by atoms with Crippen LogP contribution in [0.3, 0.4) is 0 Å². The molecule has 3 aromatic heterocycles. The van der Waals surface area contributed by atoms with E-state index < -0.39 is 0 Å². The summed E-state index contributed by atoms with van der Waals surface area (Å²) in [5.74, 6) is -0.0253. The molecule has 0 aromatic carbocycles. The molecule has 3 rings (SSSR count). The summed E-state index contributed by atoms with van der Waals surface area (Å²) >= 11 is 0. The number of Topliss-reactive ketones (excluding diaryl/α,β-unsaturated/α-hetero) is 1. The van der Waals surface area contributed by atoms with Crippen LogP contribution in [-0.2, 0) is 0 Å². The van der Waals surface area contributed by atoms with Gasteiger partial charge in [-0.3, -0.25) is 14.9 Å². The highest BCUT2D eigenvalue weighted by molar-refractivity contribution is 6.08. The fraction of sp³-hybridized carbons (Fsp3) is 0.296. The van der Waals surface area contributed by atoms with E-state index in [0.29, 0.717) is 11.3 Å². The van der Waals surface area contributed by atoms with Crippen LogP contribution in [0.15, 0.2) is 60.3 Å². The standard InChI is InChI=1S/C27H33N5O/c1-7-9-26(32(5)6)27(33)22-13-21(15-28-16-22)20(12-18(3)8-2)14-23-19(4)29-17-24(23)25-10-11-30-31-25/h9-17,29H,7-8H2,1-6H3,(H,30,31)/b18-12+,20-14+,26-9+. The molecule has 0 fully saturated rings. The fourth-order valence-electron chi connectivity index (χ4n) is 3.63. The number of pyridine rings is 1. The third kappa shape index (κ3) is 5.58.